The summed E-state index contributed by atoms with van der Waals surface area (Å²) < 4.78 is 2.80. The minimum atomic E-state index is -1.89. The first-order valence-corrected chi connectivity index (χ1v) is 17.8. The number of rotatable bonds is 6. The fourth-order valence-electron chi connectivity index (χ4n) is 1.02. The van der Waals surface area contributed by atoms with Crippen molar-refractivity contribution in [3.8, 4) is 0 Å². The molecule has 0 rings (SSSR count). The van der Waals surface area contributed by atoms with Crippen molar-refractivity contribution in [2.45, 2.75) is 44.4 Å². The molecular weight excluding hydrogens is 369 g/mol. The van der Waals surface area contributed by atoms with E-state index in [1.807, 2.05) is 0 Å². The van der Waals surface area contributed by atoms with Crippen molar-refractivity contribution >= 4 is 48.7 Å². The first kappa shape index (κ1) is 12.9. The molecule has 0 aliphatic carbocycles. The van der Waals surface area contributed by atoms with Gasteiger partial charge >= 0.3 is 93.1 Å². The van der Waals surface area contributed by atoms with Gasteiger partial charge in [0.15, 0.2) is 0 Å². The molecule has 0 aliphatic heterocycles. The molecule has 0 aromatic carbocycles. The third-order valence-electron chi connectivity index (χ3n) is 1.70. The Morgan fingerprint density at radius 3 is 2.09 bits per heavy atom. The summed E-state index contributed by atoms with van der Waals surface area (Å²) in [6.07, 6.45) is 5.69. The van der Waals surface area contributed by atoms with E-state index < -0.39 is 17.3 Å². The van der Waals surface area contributed by atoms with Crippen LogP contribution in [0, 0.1) is 0 Å². The molecule has 0 atom stereocenters. The van der Waals surface area contributed by atoms with Crippen molar-refractivity contribution in [3.05, 3.63) is 0 Å². The molecule has 0 fully saturated rings. The summed E-state index contributed by atoms with van der Waals surface area (Å²) >= 11 is -0.196. The molecule has 0 saturated carbocycles. The van der Waals surface area contributed by atoms with Crippen molar-refractivity contribution in [2.24, 2.45) is 0 Å². The second-order valence-electron chi connectivity index (χ2n) is 3.63. The van der Waals surface area contributed by atoms with Crippen LogP contribution in [0.5, 0.6) is 0 Å². The molecule has 0 saturated heterocycles. The Morgan fingerprint density at radius 1 is 1.09 bits per heavy atom. The first-order valence-electron chi connectivity index (χ1n) is 4.40. The third kappa shape index (κ3) is 11.9. The van der Waals surface area contributed by atoms with Crippen LogP contribution in [0.1, 0.15) is 25.7 Å². The zero-order valence-electron chi connectivity index (χ0n) is 7.62. The van der Waals surface area contributed by atoms with Crippen molar-refractivity contribution < 1.29 is 0 Å². The normalized spacial score (nSPS) is 12.0. The second kappa shape index (κ2) is 7.31. The molecule has 0 bridgehead atoms. The van der Waals surface area contributed by atoms with Crippen molar-refractivity contribution in [2.75, 3.05) is 0 Å². The molecule has 0 unspecified atom stereocenters. The number of hydrogen-bond donors (Lipinski definition) is 0. The van der Waals surface area contributed by atoms with Gasteiger partial charge in [-0.25, -0.2) is 0 Å². The Kier molecular flexibility index (Phi) is 8.56. The zero-order chi connectivity index (χ0) is 8.74. The molecule has 0 aromatic rings. The van der Waals surface area contributed by atoms with E-state index in [0.29, 0.717) is 0 Å². The third-order valence-corrected chi connectivity index (χ3v) is 8.38. The van der Waals surface area contributed by atoms with Crippen molar-refractivity contribution in [1.82, 2.24) is 0 Å². The van der Waals surface area contributed by atoms with E-state index in [-0.39, 0.29) is 0 Å². The van der Waals surface area contributed by atoms with E-state index >= 15 is 0 Å². The minimum absolute atomic E-state index is 1.37. The quantitative estimate of drug-likeness (QED) is 0.483. The fourth-order valence-corrected chi connectivity index (χ4v) is 5.75. The molecule has 0 amide bonds. The van der Waals surface area contributed by atoms with Crippen LogP contribution in [0.15, 0.2) is 0 Å². The Hall–Kier alpha value is 1.89. The van der Waals surface area contributed by atoms with E-state index in [2.05, 4.69) is 9.88 Å². The van der Waals surface area contributed by atoms with Crippen LogP contribution >= 0.6 is 8.92 Å². The summed E-state index contributed by atoms with van der Waals surface area (Å²) in [6, 6.07) is 0. The van der Waals surface area contributed by atoms with Gasteiger partial charge in [0.2, 0.25) is 0 Å². The summed E-state index contributed by atoms with van der Waals surface area (Å²) in [5.41, 5.74) is 0. The number of hydrogen-bond acceptors (Lipinski definition) is 0. The molecule has 11 heavy (non-hydrogen) atoms. The standard InChI is InChI=1S/C6H12.2CH3.ClH.2Sn/c1-3-5-6-4-2;;;;;/h1-6H2;2*1H3;1H;;/q;;;;;+1/p-1. The molecular formula is C8H18ClSn2. The monoisotopic (exact) mass is 389 g/mol. The fraction of sp³-hybridized carbons (Fsp3) is 1.00. The maximum atomic E-state index is 6.26. The topological polar surface area (TPSA) is 0 Å². The Labute approximate surface area is 92.1 Å². The van der Waals surface area contributed by atoms with Gasteiger partial charge in [0.1, 0.15) is 0 Å². The van der Waals surface area contributed by atoms with Crippen LogP contribution in [-0.4, -0.2) is 39.8 Å². The summed E-state index contributed by atoms with van der Waals surface area (Å²) in [5.74, 6) is 0. The van der Waals surface area contributed by atoms with Gasteiger partial charge < -0.3 is 0 Å². The average Bonchev–Trinajstić information content (AvgIpc) is 1.85. The molecule has 3 heteroatoms. The molecule has 0 aliphatic rings. The molecule has 0 nitrogen and oxygen atoms in total. The molecule has 0 aromatic heterocycles. The van der Waals surface area contributed by atoms with Crippen LogP contribution in [0.25, 0.3) is 0 Å². The van der Waals surface area contributed by atoms with Gasteiger partial charge in [0.05, 0.1) is 0 Å². The van der Waals surface area contributed by atoms with Crippen molar-refractivity contribution in [3.63, 3.8) is 0 Å². The van der Waals surface area contributed by atoms with E-state index in [4.69, 9.17) is 8.92 Å². The van der Waals surface area contributed by atoms with Crippen LogP contribution in [-0.2, 0) is 0 Å². The molecule has 3 radical (unpaired) electrons. The summed E-state index contributed by atoms with van der Waals surface area (Å²) in [6.45, 7) is 0. The second-order valence-corrected chi connectivity index (χ2v) is 23.2. The number of unbranched alkanes of at least 4 members (excludes halogenated alkanes) is 3. The van der Waals surface area contributed by atoms with Gasteiger partial charge in [-0.1, -0.05) is 0 Å². The van der Waals surface area contributed by atoms with Crippen molar-refractivity contribution in [1.29, 1.82) is 0 Å². The Bertz CT molecular complexity index is 88.6. The van der Waals surface area contributed by atoms with E-state index in [9.17, 15) is 0 Å². The SMILES string of the molecule is [CH3][Sn]([CH3])([Cl])[CH2]CCCC[CH2][Sn]. The maximum absolute atomic E-state index is 6.26. The summed E-state index contributed by atoms with van der Waals surface area (Å²) in [7, 11) is 6.26. The van der Waals surface area contributed by atoms with E-state index in [1.54, 1.807) is 22.5 Å². The average molecular weight is 387 g/mol. The molecule has 0 spiro atoms. The van der Waals surface area contributed by atoms with Gasteiger partial charge in [0, 0.05) is 0 Å². The van der Waals surface area contributed by atoms with Crippen LogP contribution in [0.3, 0.4) is 0 Å². The van der Waals surface area contributed by atoms with Gasteiger partial charge in [-0.2, -0.15) is 0 Å². The molecule has 0 N–H and O–H groups in total. The molecule has 65 valence electrons. The zero-order valence-corrected chi connectivity index (χ0v) is 14.1. The van der Waals surface area contributed by atoms with Crippen LogP contribution in [0.4, 0.5) is 0 Å². The summed E-state index contributed by atoms with van der Waals surface area (Å²) in [5, 5.41) is 0. The van der Waals surface area contributed by atoms with Crippen LogP contribution < -0.4 is 0 Å². The van der Waals surface area contributed by atoms with Gasteiger partial charge in [0.25, 0.3) is 0 Å². The molecule has 0 heterocycles. The number of halogens is 1. The van der Waals surface area contributed by atoms with Crippen LogP contribution in [0.2, 0.25) is 18.8 Å². The predicted molar refractivity (Wildman–Crippen MR) is 57.2 cm³/mol. The summed E-state index contributed by atoms with van der Waals surface area (Å²) in [4.78, 5) is 4.61. The van der Waals surface area contributed by atoms with E-state index in [0.717, 1.165) is 0 Å². The Morgan fingerprint density at radius 2 is 1.64 bits per heavy atom. The van der Waals surface area contributed by atoms with Gasteiger partial charge in [-0.3, -0.25) is 0 Å². The van der Waals surface area contributed by atoms with Gasteiger partial charge in [-0.15, -0.1) is 0 Å². The van der Waals surface area contributed by atoms with E-state index in [1.165, 1.54) is 34.6 Å². The first-order chi connectivity index (χ1) is 5.06. The predicted octanol–water partition coefficient (Wildman–Crippen LogP) is 3.58. The Balaban J connectivity index is 3.02. The van der Waals surface area contributed by atoms with Gasteiger partial charge in [-0.05, 0) is 0 Å².